The molecular formula is C3H9O3-. The number of rotatable bonds is 1. The lowest BCUT2D eigenvalue weighted by molar-refractivity contribution is -0.652. The summed E-state index contributed by atoms with van der Waals surface area (Å²) in [6.07, 6.45) is 0. The monoisotopic (exact) mass is 93.1 g/mol. The molecule has 0 aliphatic heterocycles. The lowest BCUT2D eigenvalue weighted by Gasteiger charge is -1.88. The fourth-order valence-electron chi connectivity index (χ4n) is 0. The average Bonchev–Trinajstić information content (AvgIpc) is 1.37. The van der Waals surface area contributed by atoms with Crippen LogP contribution < -0.4 is 5.26 Å². The van der Waals surface area contributed by atoms with Crippen molar-refractivity contribution in [1.29, 1.82) is 0 Å². The van der Waals surface area contributed by atoms with E-state index < -0.39 is 0 Å². The van der Waals surface area contributed by atoms with Crippen molar-refractivity contribution in [1.82, 2.24) is 0 Å². The number of carbonyl (C=O) groups is 1. The highest BCUT2D eigenvalue weighted by atomic mass is 17.1. The summed E-state index contributed by atoms with van der Waals surface area (Å²) in [6, 6.07) is 0. The molecule has 0 heterocycles. The van der Waals surface area contributed by atoms with Gasteiger partial charge in [-0.1, -0.05) is 14.9 Å². The van der Waals surface area contributed by atoms with Gasteiger partial charge in [0.15, 0.2) is 0 Å². The zero-order chi connectivity index (χ0) is 3.41. The fourth-order valence-corrected chi connectivity index (χ4v) is 0. The molecule has 3 heteroatoms. The van der Waals surface area contributed by atoms with Crippen LogP contribution >= 0.6 is 0 Å². The van der Waals surface area contributed by atoms with Gasteiger partial charge in [0.2, 0.25) is 0 Å². The van der Waals surface area contributed by atoms with Crippen LogP contribution in [0.5, 0.6) is 0 Å². The third-order valence-electron chi connectivity index (χ3n) is 0.0393. The second-order valence-electron chi connectivity index (χ2n) is 0.192. The topological polar surface area (TPSA) is 49.4 Å². The summed E-state index contributed by atoms with van der Waals surface area (Å²) in [5.41, 5.74) is 0. The molecule has 0 saturated heterocycles. The predicted octanol–water partition coefficient (Wildman–Crippen LogP) is -0.293. The minimum Gasteiger partial charge on any atom is -0.662 e. The van der Waals surface area contributed by atoms with E-state index in [1.54, 1.807) is 0 Å². The van der Waals surface area contributed by atoms with Crippen molar-refractivity contribution in [2.75, 3.05) is 0 Å². The van der Waals surface area contributed by atoms with Gasteiger partial charge in [-0.15, -0.1) is 0 Å². The second-order valence-corrected chi connectivity index (χ2v) is 0.192. The minimum atomic E-state index is -0.181. The lowest BCUT2D eigenvalue weighted by atomic mass is 11.7. The normalized spacial score (nSPS) is 3.50. The van der Waals surface area contributed by atoms with E-state index in [1.807, 2.05) is 0 Å². The van der Waals surface area contributed by atoms with E-state index in [2.05, 4.69) is 4.89 Å². The molecule has 0 aliphatic rings. The Balaban J connectivity index is -0.0000000450. The molecule has 0 aliphatic carbocycles. The van der Waals surface area contributed by atoms with Gasteiger partial charge in [-0.2, -0.15) is 0 Å². The summed E-state index contributed by atoms with van der Waals surface area (Å²) in [7, 11) is 0. The molecule has 0 aromatic rings. The van der Waals surface area contributed by atoms with Crippen LogP contribution in [-0.4, -0.2) is 6.47 Å². The maximum absolute atomic E-state index is 8.64. The van der Waals surface area contributed by atoms with Gasteiger partial charge in [0.25, 0.3) is 6.47 Å². The Labute approximate surface area is 37.5 Å². The van der Waals surface area contributed by atoms with Gasteiger partial charge in [0.05, 0.1) is 0 Å². The van der Waals surface area contributed by atoms with E-state index in [4.69, 9.17) is 10.1 Å². The molecule has 0 saturated carbocycles. The first kappa shape index (κ1) is 18.0. The molecule has 0 atom stereocenters. The zero-order valence-corrected chi connectivity index (χ0v) is 1.80. The molecule has 6 heavy (non-hydrogen) atoms. The van der Waals surface area contributed by atoms with Crippen molar-refractivity contribution in [2.24, 2.45) is 0 Å². The summed E-state index contributed by atoms with van der Waals surface area (Å²) in [5.74, 6) is 0. The van der Waals surface area contributed by atoms with Crippen LogP contribution in [0.1, 0.15) is 14.9 Å². The molecule has 0 spiro atoms. The van der Waals surface area contributed by atoms with Crippen LogP contribution in [0.4, 0.5) is 0 Å². The van der Waals surface area contributed by atoms with Gasteiger partial charge in [-0.25, -0.2) is 0 Å². The molecule has 3 nitrogen and oxygen atoms in total. The Bertz CT molecular complexity index is 20.0. The van der Waals surface area contributed by atoms with Crippen molar-refractivity contribution in [2.45, 2.75) is 14.9 Å². The largest absolute Gasteiger partial charge is 0.662 e. The molecular weight excluding hydrogens is 84.0 g/mol. The van der Waals surface area contributed by atoms with Crippen LogP contribution in [-0.2, 0) is 9.68 Å². The Morgan fingerprint density at radius 1 is 1.50 bits per heavy atom. The van der Waals surface area contributed by atoms with Crippen LogP contribution in [0.3, 0.4) is 0 Å². The minimum absolute atomic E-state index is 0. The van der Waals surface area contributed by atoms with E-state index >= 15 is 0 Å². The molecule has 0 bridgehead atoms. The van der Waals surface area contributed by atoms with Crippen LogP contribution in [0.2, 0.25) is 0 Å². The Morgan fingerprint density at radius 3 is 1.67 bits per heavy atom. The van der Waals surface area contributed by atoms with Gasteiger partial charge < -0.3 is 10.1 Å². The van der Waals surface area contributed by atoms with Gasteiger partial charge in [0, 0.05) is 0 Å². The summed E-state index contributed by atoms with van der Waals surface area (Å²) in [5, 5.41) is 8.43. The molecule has 40 valence electrons. The van der Waals surface area contributed by atoms with E-state index in [9.17, 15) is 0 Å². The van der Waals surface area contributed by atoms with E-state index in [1.165, 1.54) is 0 Å². The molecule has 0 amide bonds. The predicted molar refractivity (Wildman–Crippen MR) is 20.6 cm³/mol. The molecule has 0 radical (unpaired) electrons. The fraction of sp³-hybridized carbons (Fsp3) is 0.667. The number of hydrogen-bond acceptors (Lipinski definition) is 3. The standard InChI is InChI=1S/CH2O3.2CH4/c2-1-4-3;;/h1,3H;2*1H4/p-1. The first-order valence-corrected chi connectivity index (χ1v) is 0.638. The highest BCUT2D eigenvalue weighted by Gasteiger charge is 1.34. The zero-order valence-electron chi connectivity index (χ0n) is 1.80. The third-order valence-corrected chi connectivity index (χ3v) is 0.0393. The van der Waals surface area contributed by atoms with Gasteiger partial charge in [-0.05, 0) is 0 Å². The number of carbonyl (C=O) groups excluding carboxylic acids is 1. The Kier molecular flexibility index (Phi) is 76.7. The van der Waals surface area contributed by atoms with Crippen molar-refractivity contribution < 1.29 is 14.9 Å². The van der Waals surface area contributed by atoms with Gasteiger partial charge in [0.1, 0.15) is 0 Å². The maximum atomic E-state index is 8.64. The van der Waals surface area contributed by atoms with Crippen LogP contribution in [0.25, 0.3) is 0 Å². The highest BCUT2D eigenvalue weighted by molar-refractivity contribution is 5.35. The Hall–Kier alpha value is -0.570. The quantitative estimate of drug-likeness (QED) is 0.254. The van der Waals surface area contributed by atoms with Crippen molar-refractivity contribution >= 4 is 6.47 Å². The molecule has 0 N–H and O–H groups in total. The lowest BCUT2D eigenvalue weighted by Crippen LogP contribution is -2.00. The average molecular weight is 93.1 g/mol. The molecule has 0 unspecified atom stereocenters. The summed E-state index contributed by atoms with van der Waals surface area (Å²) in [6.45, 7) is -0.181. The maximum Gasteiger partial charge on any atom is 0.287 e. The Morgan fingerprint density at radius 2 is 1.67 bits per heavy atom. The van der Waals surface area contributed by atoms with Crippen LogP contribution in [0.15, 0.2) is 0 Å². The first-order chi connectivity index (χ1) is 1.91. The highest BCUT2D eigenvalue weighted by Crippen LogP contribution is 1.22. The molecule has 0 aromatic carbocycles. The summed E-state index contributed by atoms with van der Waals surface area (Å²) in [4.78, 5) is 11.2. The SMILES string of the molecule is C.C.O=CO[O-]. The number of hydrogen-bond donors (Lipinski definition) is 0. The van der Waals surface area contributed by atoms with E-state index in [0.717, 1.165) is 0 Å². The third kappa shape index (κ3) is 110. The van der Waals surface area contributed by atoms with E-state index in [-0.39, 0.29) is 21.3 Å². The molecule has 0 rings (SSSR count). The van der Waals surface area contributed by atoms with Crippen molar-refractivity contribution in [3.05, 3.63) is 0 Å². The first-order valence-electron chi connectivity index (χ1n) is 0.638. The van der Waals surface area contributed by atoms with Gasteiger partial charge in [-0.3, -0.25) is 4.79 Å². The van der Waals surface area contributed by atoms with Crippen molar-refractivity contribution in [3.63, 3.8) is 0 Å². The summed E-state index contributed by atoms with van der Waals surface area (Å²) >= 11 is 0. The smallest absolute Gasteiger partial charge is 0.287 e. The molecule has 0 fully saturated rings. The van der Waals surface area contributed by atoms with Crippen LogP contribution in [0, 0.1) is 0 Å². The van der Waals surface area contributed by atoms with Crippen molar-refractivity contribution in [3.8, 4) is 0 Å². The van der Waals surface area contributed by atoms with E-state index in [0.29, 0.717) is 0 Å². The molecule has 0 aromatic heterocycles. The second kappa shape index (κ2) is 25.5. The van der Waals surface area contributed by atoms with Gasteiger partial charge >= 0.3 is 0 Å². The summed E-state index contributed by atoms with van der Waals surface area (Å²) < 4.78 is 0.